The van der Waals surface area contributed by atoms with Gasteiger partial charge in [-0.15, -0.1) is 11.3 Å². The lowest BCUT2D eigenvalue weighted by Gasteiger charge is -2.28. The molecule has 3 heterocycles. The number of quaternary nitrogens is 1. The molecule has 1 unspecified atom stereocenters. The predicted octanol–water partition coefficient (Wildman–Crippen LogP) is 1.66. The van der Waals surface area contributed by atoms with Gasteiger partial charge in [-0.2, -0.15) is 0 Å². The lowest BCUT2D eigenvalue weighted by Crippen LogP contribution is -3.14. The SMILES string of the molecule is CC(C)[NH+]1CCc2c(sc3c2C(=O)N[C@H](c2ccc(O)cc2)N3)C1. The average molecular weight is 344 g/mol. The maximum atomic E-state index is 12.7. The van der Waals surface area contributed by atoms with Crippen molar-refractivity contribution in [3.63, 3.8) is 0 Å². The minimum Gasteiger partial charge on any atom is -0.508 e. The number of hydrogen-bond donors (Lipinski definition) is 4. The number of carbonyl (C=O) groups excluding carboxylic acids is 1. The van der Waals surface area contributed by atoms with E-state index >= 15 is 0 Å². The quantitative estimate of drug-likeness (QED) is 0.670. The third-order valence-corrected chi connectivity index (χ3v) is 6.16. The summed E-state index contributed by atoms with van der Waals surface area (Å²) in [4.78, 5) is 15.6. The molecule has 2 aliphatic rings. The van der Waals surface area contributed by atoms with Gasteiger partial charge < -0.3 is 20.6 Å². The van der Waals surface area contributed by atoms with Gasteiger partial charge in [0.25, 0.3) is 5.91 Å². The van der Waals surface area contributed by atoms with Crippen LogP contribution in [0.5, 0.6) is 5.75 Å². The number of thiophene rings is 1. The molecule has 2 aliphatic heterocycles. The Morgan fingerprint density at radius 3 is 2.71 bits per heavy atom. The summed E-state index contributed by atoms with van der Waals surface area (Å²) in [5.74, 6) is 0.234. The fraction of sp³-hybridized carbons (Fsp3) is 0.389. The number of carbonyl (C=O) groups is 1. The molecule has 2 atom stereocenters. The first-order valence-electron chi connectivity index (χ1n) is 8.38. The smallest absolute Gasteiger partial charge is 0.256 e. The van der Waals surface area contributed by atoms with Crippen LogP contribution in [0.4, 0.5) is 5.00 Å². The Morgan fingerprint density at radius 2 is 2.00 bits per heavy atom. The van der Waals surface area contributed by atoms with E-state index < -0.39 is 0 Å². The Balaban J connectivity index is 1.65. The zero-order valence-electron chi connectivity index (χ0n) is 13.8. The molecule has 0 saturated heterocycles. The van der Waals surface area contributed by atoms with Crippen LogP contribution in [0.25, 0.3) is 0 Å². The standard InChI is InChI=1S/C18H21N3O2S/c1-10(2)21-8-7-13-14(9-21)24-18-15(13)17(23)19-16(20-18)11-3-5-12(22)6-4-11/h3-6,10,16,20,22H,7-9H2,1-2H3,(H,19,23)/p+1/t16-/m0/s1. The minimum atomic E-state index is -0.251. The van der Waals surface area contributed by atoms with Crippen molar-refractivity contribution in [2.45, 2.75) is 39.0 Å². The molecule has 0 bridgehead atoms. The monoisotopic (exact) mass is 344 g/mol. The van der Waals surface area contributed by atoms with Crippen molar-refractivity contribution in [3.8, 4) is 5.75 Å². The molecule has 6 heteroatoms. The Bertz CT molecular complexity index is 782. The number of amides is 1. The number of aromatic hydroxyl groups is 1. The molecular weight excluding hydrogens is 322 g/mol. The highest BCUT2D eigenvalue weighted by atomic mass is 32.1. The summed E-state index contributed by atoms with van der Waals surface area (Å²) in [5, 5.41) is 16.9. The molecule has 1 aromatic carbocycles. The second-order valence-electron chi connectivity index (χ2n) is 6.84. The van der Waals surface area contributed by atoms with E-state index in [2.05, 4.69) is 24.5 Å². The van der Waals surface area contributed by atoms with E-state index in [9.17, 15) is 9.90 Å². The van der Waals surface area contributed by atoms with Crippen molar-refractivity contribution in [1.82, 2.24) is 5.32 Å². The highest BCUT2D eigenvalue weighted by Gasteiger charge is 2.34. The van der Waals surface area contributed by atoms with Crippen molar-refractivity contribution >= 4 is 22.2 Å². The summed E-state index contributed by atoms with van der Waals surface area (Å²) in [5.41, 5.74) is 3.01. The number of rotatable bonds is 2. The molecule has 5 nitrogen and oxygen atoms in total. The molecule has 4 N–H and O–H groups in total. The number of nitrogens with one attached hydrogen (secondary N) is 3. The topological polar surface area (TPSA) is 65.8 Å². The fourth-order valence-electron chi connectivity index (χ4n) is 3.54. The average Bonchev–Trinajstić information content (AvgIpc) is 2.93. The zero-order valence-corrected chi connectivity index (χ0v) is 14.7. The van der Waals surface area contributed by atoms with Crippen LogP contribution in [0.1, 0.15) is 46.4 Å². The van der Waals surface area contributed by atoms with E-state index in [1.165, 1.54) is 10.4 Å². The molecular formula is C18H22N3O2S+. The van der Waals surface area contributed by atoms with E-state index in [1.54, 1.807) is 28.4 Å². The van der Waals surface area contributed by atoms with Crippen LogP contribution in [-0.4, -0.2) is 23.6 Å². The summed E-state index contributed by atoms with van der Waals surface area (Å²) in [6.07, 6.45) is 0.715. The Morgan fingerprint density at radius 1 is 1.25 bits per heavy atom. The van der Waals surface area contributed by atoms with Gasteiger partial charge in [0.1, 0.15) is 23.5 Å². The van der Waals surface area contributed by atoms with Gasteiger partial charge in [0.05, 0.1) is 23.0 Å². The van der Waals surface area contributed by atoms with Gasteiger partial charge in [0.15, 0.2) is 0 Å². The maximum absolute atomic E-state index is 12.7. The van der Waals surface area contributed by atoms with Gasteiger partial charge in [-0.1, -0.05) is 12.1 Å². The lowest BCUT2D eigenvalue weighted by molar-refractivity contribution is -0.936. The first kappa shape index (κ1) is 15.5. The van der Waals surface area contributed by atoms with Crippen LogP contribution in [0.15, 0.2) is 24.3 Å². The summed E-state index contributed by atoms with van der Waals surface area (Å²) in [6, 6.07) is 7.54. The second kappa shape index (κ2) is 5.79. The molecule has 0 aliphatic carbocycles. The number of hydrogen-bond acceptors (Lipinski definition) is 4. The number of phenols is 1. The van der Waals surface area contributed by atoms with Crippen LogP contribution in [-0.2, 0) is 13.0 Å². The van der Waals surface area contributed by atoms with Crippen LogP contribution in [0.3, 0.4) is 0 Å². The molecule has 0 radical (unpaired) electrons. The van der Waals surface area contributed by atoms with Crippen molar-refractivity contribution in [1.29, 1.82) is 0 Å². The normalized spacial score (nSPS) is 22.5. The van der Waals surface area contributed by atoms with Crippen LogP contribution in [0, 0.1) is 0 Å². The molecule has 0 saturated carbocycles. The number of anilines is 1. The Labute approximate surface area is 145 Å². The maximum Gasteiger partial charge on any atom is 0.256 e. The minimum absolute atomic E-state index is 0.00678. The molecule has 24 heavy (non-hydrogen) atoms. The molecule has 126 valence electrons. The van der Waals surface area contributed by atoms with E-state index in [4.69, 9.17) is 0 Å². The lowest BCUT2D eigenvalue weighted by atomic mass is 9.99. The largest absolute Gasteiger partial charge is 0.508 e. The van der Waals surface area contributed by atoms with Gasteiger partial charge in [0, 0.05) is 6.42 Å². The first-order valence-corrected chi connectivity index (χ1v) is 9.20. The second-order valence-corrected chi connectivity index (χ2v) is 7.95. The van der Waals surface area contributed by atoms with Crippen molar-refractivity contribution in [3.05, 3.63) is 45.8 Å². The summed E-state index contributed by atoms with van der Waals surface area (Å²) >= 11 is 1.72. The van der Waals surface area contributed by atoms with Gasteiger partial charge in [0.2, 0.25) is 0 Å². The van der Waals surface area contributed by atoms with Gasteiger partial charge >= 0.3 is 0 Å². The van der Waals surface area contributed by atoms with E-state index in [1.807, 2.05) is 12.1 Å². The van der Waals surface area contributed by atoms with E-state index in [0.29, 0.717) is 6.04 Å². The zero-order chi connectivity index (χ0) is 16.8. The van der Waals surface area contributed by atoms with Gasteiger partial charge in [-0.3, -0.25) is 4.79 Å². The molecule has 0 spiro atoms. The van der Waals surface area contributed by atoms with Crippen molar-refractivity contribution in [2.24, 2.45) is 0 Å². The van der Waals surface area contributed by atoms with Crippen LogP contribution in [0.2, 0.25) is 0 Å². The summed E-state index contributed by atoms with van der Waals surface area (Å²) < 4.78 is 0. The van der Waals surface area contributed by atoms with Crippen molar-refractivity contribution in [2.75, 3.05) is 11.9 Å². The first-order chi connectivity index (χ1) is 11.5. The molecule has 1 aromatic heterocycles. The van der Waals surface area contributed by atoms with Crippen molar-refractivity contribution < 1.29 is 14.8 Å². The third-order valence-electron chi connectivity index (χ3n) is 5.00. The highest BCUT2D eigenvalue weighted by molar-refractivity contribution is 7.16. The summed E-state index contributed by atoms with van der Waals surface area (Å²) in [7, 11) is 0. The number of phenolic OH excluding ortho intramolecular Hbond substituents is 1. The number of benzene rings is 1. The summed E-state index contributed by atoms with van der Waals surface area (Å²) in [6.45, 7) is 6.59. The van der Waals surface area contributed by atoms with Gasteiger partial charge in [-0.05, 0) is 37.1 Å². The van der Waals surface area contributed by atoms with Crippen LogP contribution < -0.4 is 15.5 Å². The third kappa shape index (κ3) is 2.56. The molecule has 1 amide bonds. The van der Waals surface area contributed by atoms with Gasteiger partial charge in [-0.25, -0.2) is 0 Å². The Kier molecular flexibility index (Phi) is 3.73. The molecule has 2 aromatic rings. The Hall–Kier alpha value is -2.05. The van der Waals surface area contributed by atoms with Crippen LogP contribution >= 0.6 is 11.3 Å². The predicted molar refractivity (Wildman–Crippen MR) is 94.6 cm³/mol. The highest BCUT2D eigenvalue weighted by Crippen LogP contribution is 2.39. The molecule has 0 fully saturated rings. The number of fused-ring (bicyclic) bond motifs is 3. The molecule has 4 rings (SSSR count). The fourth-order valence-corrected chi connectivity index (χ4v) is 4.86. The van der Waals surface area contributed by atoms with E-state index in [-0.39, 0.29) is 17.8 Å². The van der Waals surface area contributed by atoms with E-state index in [0.717, 1.165) is 35.6 Å².